The molecule has 2 N–H and O–H groups in total. The van der Waals surface area contributed by atoms with Gasteiger partial charge in [0.15, 0.2) is 5.16 Å². The average molecular weight is 431 g/mol. The summed E-state index contributed by atoms with van der Waals surface area (Å²) in [4.78, 5) is 29.8. The van der Waals surface area contributed by atoms with Crippen LogP contribution in [0.25, 0.3) is 0 Å². The summed E-state index contributed by atoms with van der Waals surface area (Å²) in [6, 6.07) is 0.185. The average Bonchev–Trinajstić information content (AvgIpc) is 3.27. The molecule has 1 aromatic rings. The molecule has 6 nitrogen and oxygen atoms in total. The summed E-state index contributed by atoms with van der Waals surface area (Å²) in [6.07, 6.45) is 12.2. The number of hydrogen-bond acceptors (Lipinski definition) is 4. The number of carbonyl (C=O) groups is 2. The van der Waals surface area contributed by atoms with Gasteiger partial charge < -0.3 is 9.88 Å². The van der Waals surface area contributed by atoms with Crippen LogP contribution in [-0.4, -0.2) is 32.8 Å². The van der Waals surface area contributed by atoms with Crippen molar-refractivity contribution in [3.63, 3.8) is 0 Å². The van der Waals surface area contributed by atoms with Crippen molar-refractivity contribution in [2.24, 2.45) is 17.8 Å². The second kappa shape index (κ2) is 7.88. The molecule has 3 amide bonds. The molecule has 5 aliphatic rings. The summed E-state index contributed by atoms with van der Waals surface area (Å²) < 4.78 is 2.32. The lowest BCUT2D eigenvalue weighted by atomic mass is 9.53. The highest BCUT2D eigenvalue weighted by Crippen LogP contribution is 2.55. The lowest BCUT2D eigenvalue weighted by Crippen LogP contribution is -2.61. The van der Waals surface area contributed by atoms with Gasteiger partial charge in [0.05, 0.1) is 11.4 Å². The molecule has 0 aliphatic heterocycles. The molecule has 1 aromatic heterocycles. The molecule has 1 heterocycles. The second-order valence-electron chi connectivity index (χ2n) is 10.4. The normalized spacial score (nSPS) is 32.5. The van der Waals surface area contributed by atoms with Gasteiger partial charge in [0, 0.05) is 17.3 Å². The summed E-state index contributed by atoms with van der Waals surface area (Å²) in [6.45, 7) is 4.15. The molecule has 164 valence electrons. The van der Waals surface area contributed by atoms with Gasteiger partial charge in [0.25, 0.3) is 0 Å². The van der Waals surface area contributed by atoms with Crippen molar-refractivity contribution in [2.45, 2.75) is 94.8 Å². The van der Waals surface area contributed by atoms with Crippen LogP contribution in [0.15, 0.2) is 5.16 Å². The Hall–Kier alpha value is -1.50. The zero-order valence-corrected chi connectivity index (χ0v) is 19.0. The zero-order chi connectivity index (χ0) is 20.9. The van der Waals surface area contributed by atoms with Crippen LogP contribution >= 0.6 is 11.8 Å². The number of amides is 3. The number of hydrogen-bond donors (Lipinski definition) is 2. The third-order valence-corrected chi connectivity index (χ3v) is 9.00. The first kappa shape index (κ1) is 20.4. The Kier molecular flexibility index (Phi) is 5.36. The van der Waals surface area contributed by atoms with E-state index < -0.39 is 0 Å². The molecule has 0 aromatic carbocycles. The number of urea groups is 1. The lowest BCUT2D eigenvalue weighted by Gasteiger charge is -2.56. The number of imidazole rings is 1. The monoisotopic (exact) mass is 430 g/mol. The van der Waals surface area contributed by atoms with Gasteiger partial charge in [-0.25, -0.2) is 9.78 Å². The Balaban J connectivity index is 1.16. The van der Waals surface area contributed by atoms with Crippen molar-refractivity contribution in [3.8, 4) is 0 Å². The molecule has 30 heavy (non-hydrogen) atoms. The molecule has 0 spiro atoms. The molecule has 0 atom stereocenters. The van der Waals surface area contributed by atoms with E-state index in [0.717, 1.165) is 47.9 Å². The number of nitrogens with zero attached hydrogens (tertiary/aromatic N) is 2. The number of aromatic nitrogens is 2. The molecule has 7 heteroatoms. The van der Waals surface area contributed by atoms with E-state index in [9.17, 15) is 9.59 Å². The lowest BCUT2D eigenvalue weighted by molar-refractivity contribution is -0.117. The minimum atomic E-state index is -0.311. The van der Waals surface area contributed by atoms with Gasteiger partial charge in [-0.05, 0) is 83.0 Å². The predicted octanol–water partition coefficient (Wildman–Crippen LogP) is 4.50. The molecular formula is C23H34N4O2S. The second-order valence-corrected chi connectivity index (χ2v) is 11.3. The van der Waals surface area contributed by atoms with Crippen LogP contribution in [-0.2, 0) is 4.79 Å². The van der Waals surface area contributed by atoms with E-state index in [1.54, 1.807) is 0 Å². The first-order chi connectivity index (χ1) is 14.4. The van der Waals surface area contributed by atoms with Crippen molar-refractivity contribution in [3.05, 3.63) is 11.4 Å². The topological polar surface area (TPSA) is 76.0 Å². The maximum absolute atomic E-state index is 12.6. The number of aryl methyl sites for hydroxylation is 1. The maximum Gasteiger partial charge on any atom is 0.321 e. The van der Waals surface area contributed by atoms with Gasteiger partial charge in [0.2, 0.25) is 5.91 Å². The summed E-state index contributed by atoms with van der Waals surface area (Å²) in [5.74, 6) is 2.28. The Morgan fingerprint density at radius 3 is 2.27 bits per heavy atom. The largest absolute Gasteiger partial charge is 0.332 e. The smallest absolute Gasteiger partial charge is 0.321 e. The van der Waals surface area contributed by atoms with E-state index in [4.69, 9.17) is 4.98 Å². The van der Waals surface area contributed by atoms with Gasteiger partial charge in [-0.15, -0.1) is 0 Å². The number of imide groups is 1. The molecular weight excluding hydrogens is 396 g/mol. The summed E-state index contributed by atoms with van der Waals surface area (Å²) in [5, 5.41) is 6.72. The Morgan fingerprint density at radius 2 is 1.67 bits per heavy atom. The van der Waals surface area contributed by atoms with Gasteiger partial charge in [-0.1, -0.05) is 24.6 Å². The van der Waals surface area contributed by atoms with Crippen molar-refractivity contribution in [1.29, 1.82) is 0 Å². The van der Waals surface area contributed by atoms with Crippen LogP contribution in [0.2, 0.25) is 0 Å². The van der Waals surface area contributed by atoms with Crippen molar-refractivity contribution in [1.82, 2.24) is 20.2 Å². The molecule has 0 radical (unpaired) electrons. The minimum Gasteiger partial charge on any atom is -0.332 e. The highest BCUT2D eigenvalue weighted by Gasteiger charge is 2.51. The van der Waals surface area contributed by atoms with E-state index >= 15 is 0 Å². The predicted molar refractivity (Wildman–Crippen MR) is 118 cm³/mol. The molecule has 0 unspecified atom stereocenters. The molecule has 5 saturated carbocycles. The standard InChI is InChI=1S/C23H34N4O2S/c1-14-15(2)27(19-5-3-4-6-19)22(24-14)30-13-20(28)25-21(29)26-23-10-16-7-17(11-23)9-18(8-16)12-23/h16-19H,3-13H2,1-2H3,(H2,25,26,28,29). The SMILES string of the molecule is Cc1nc(SCC(=O)NC(=O)NC23CC4CC(CC(C4)C2)C3)n(C2CCCC2)c1C. The van der Waals surface area contributed by atoms with Crippen LogP contribution in [0.3, 0.4) is 0 Å². The van der Waals surface area contributed by atoms with E-state index in [-0.39, 0.29) is 23.2 Å². The summed E-state index contributed by atoms with van der Waals surface area (Å²) >= 11 is 1.45. The fraction of sp³-hybridized carbons (Fsp3) is 0.783. The maximum atomic E-state index is 12.6. The Morgan fingerprint density at radius 1 is 1.07 bits per heavy atom. The number of nitrogens with one attached hydrogen (secondary N) is 2. The fourth-order valence-corrected chi connectivity index (χ4v) is 8.08. The molecule has 6 rings (SSSR count). The van der Waals surface area contributed by atoms with Crippen LogP contribution < -0.4 is 10.6 Å². The van der Waals surface area contributed by atoms with Crippen LogP contribution in [0.5, 0.6) is 0 Å². The number of thioether (sulfide) groups is 1. The molecule has 5 fully saturated rings. The van der Waals surface area contributed by atoms with Crippen molar-refractivity contribution in [2.75, 3.05) is 5.75 Å². The van der Waals surface area contributed by atoms with Crippen LogP contribution in [0.1, 0.15) is 81.6 Å². The minimum absolute atomic E-state index is 0.0702. The third kappa shape index (κ3) is 3.90. The molecule has 0 saturated heterocycles. The van der Waals surface area contributed by atoms with Crippen LogP contribution in [0, 0.1) is 31.6 Å². The highest BCUT2D eigenvalue weighted by molar-refractivity contribution is 7.99. The van der Waals surface area contributed by atoms with Gasteiger partial charge in [-0.2, -0.15) is 0 Å². The van der Waals surface area contributed by atoms with Crippen molar-refractivity contribution >= 4 is 23.7 Å². The summed E-state index contributed by atoms with van der Waals surface area (Å²) in [7, 11) is 0. The van der Waals surface area contributed by atoms with Gasteiger partial charge >= 0.3 is 6.03 Å². The van der Waals surface area contributed by atoms with E-state index in [2.05, 4.69) is 22.1 Å². The first-order valence-corrected chi connectivity index (χ1v) is 12.7. The van der Waals surface area contributed by atoms with Crippen molar-refractivity contribution < 1.29 is 9.59 Å². The number of carbonyl (C=O) groups excluding carboxylic acids is 2. The molecule has 4 bridgehead atoms. The van der Waals surface area contributed by atoms with Gasteiger partial charge in [0.1, 0.15) is 0 Å². The Labute approximate surface area is 183 Å². The quantitative estimate of drug-likeness (QED) is 0.674. The third-order valence-electron chi connectivity index (χ3n) is 8.05. The van der Waals surface area contributed by atoms with E-state index in [1.807, 2.05) is 6.92 Å². The highest BCUT2D eigenvalue weighted by atomic mass is 32.2. The fourth-order valence-electron chi connectivity index (χ4n) is 7.12. The number of rotatable bonds is 5. The van der Waals surface area contributed by atoms with Gasteiger partial charge in [-0.3, -0.25) is 10.1 Å². The zero-order valence-electron chi connectivity index (χ0n) is 18.2. The molecule has 5 aliphatic carbocycles. The first-order valence-electron chi connectivity index (χ1n) is 11.7. The Bertz CT molecular complexity index is 807. The van der Waals surface area contributed by atoms with E-state index in [1.165, 1.54) is 62.4 Å². The van der Waals surface area contributed by atoms with E-state index in [0.29, 0.717) is 6.04 Å². The summed E-state index contributed by atoms with van der Waals surface area (Å²) in [5.41, 5.74) is 2.16. The van der Waals surface area contributed by atoms with Crippen LogP contribution in [0.4, 0.5) is 4.79 Å².